The molecule has 0 bridgehead atoms. The lowest BCUT2D eigenvalue weighted by Crippen LogP contribution is -2.11. The fraction of sp³-hybridized carbons (Fsp3) is 0.400. The van der Waals surface area contributed by atoms with Crippen LogP contribution in [-0.4, -0.2) is 25.6 Å². The molecule has 1 N–H and O–H groups in total. The van der Waals surface area contributed by atoms with Crippen LogP contribution in [0.5, 0.6) is 0 Å². The second-order valence-corrected chi connectivity index (χ2v) is 3.54. The fourth-order valence-electron chi connectivity index (χ4n) is 1.50. The van der Waals surface area contributed by atoms with Crippen LogP contribution in [0.15, 0.2) is 24.9 Å². The lowest BCUT2D eigenvalue weighted by Gasteiger charge is -2.05. The van der Waals surface area contributed by atoms with Crippen LogP contribution in [0.2, 0.25) is 0 Å². The van der Waals surface area contributed by atoms with Gasteiger partial charge in [-0.15, -0.1) is 0 Å². The predicted molar refractivity (Wildman–Crippen MR) is 58.7 cm³/mol. The van der Waals surface area contributed by atoms with E-state index in [0.29, 0.717) is 0 Å². The minimum absolute atomic E-state index is 0.848. The van der Waals surface area contributed by atoms with Gasteiger partial charge < -0.3 is 14.5 Å². The molecule has 0 saturated carbocycles. The van der Waals surface area contributed by atoms with Crippen LogP contribution in [0.1, 0.15) is 5.69 Å². The van der Waals surface area contributed by atoms with Crippen LogP contribution < -0.4 is 5.32 Å². The number of aryl methyl sites for hydroxylation is 2. The zero-order valence-electron chi connectivity index (χ0n) is 9.01. The Morgan fingerprint density at radius 1 is 1.47 bits per heavy atom. The number of hydrogen-bond donors (Lipinski definition) is 1. The van der Waals surface area contributed by atoms with Crippen LogP contribution in [0, 0.1) is 6.92 Å². The van der Waals surface area contributed by atoms with Gasteiger partial charge in [-0.25, -0.2) is 9.97 Å². The predicted octanol–water partition coefficient (Wildman–Crippen LogP) is 1.04. The summed E-state index contributed by atoms with van der Waals surface area (Å²) in [6, 6.07) is 0. The zero-order chi connectivity index (χ0) is 10.7. The molecular weight excluding hydrogens is 190 g/mol. The van der Waals surface area contributed by atoms with E-state index in [9.17, 15) is 0 Å². The number of anilines is 1. The van der Waals surface area contributed by atoms with Gasteiger partial charge in [0, 0.05) is 38.7 Å². The Morgan fingerprint density at radius 2 is 2.33 bits per heavy atom. The lowest BCUT2D eigenvalue weighted by molar-refractivity contribution is 0.719. The Hall–Kier alpha value is -1.78. The van der Waals surface area contributed by atoms with Crippen molar-refractivity contribution in [3.63, 3.8) is 0 Å². The van der Waals surface area contributed by atoms with Gasteiger partial charge in [0.25, 0.3) is 0 Å². The van der Waals surface area contributed by atoms with Crippen molar-refractivity contribution >= 4 is 5.95 Å². The number of nitrogens with zero attached hydrogens (tertiary/aromatic N) is 4. The van der Waals surface area contributed by atoms with Crippen molar-refractivity contribution in [3.8, 4) is 0 Å². The normalized spacial score (nSPS) is 10.5. The van der Waals surface area contributed by atoms with E-state index in [-0.39, 0.29) is 0 Å². The van der Waals surface area contributed by atoms with Gasteiger partial charge in [-0.1, -0.05) is 0 Å². The molecule has 5 nitrogen and oxygen atoms in total. The number of rotatable bonds is 4. The highest BCUT2D eigenvalue weighted by atomic mass is 15.2. The smallest absolute Gasteiger partial charge is 0.202 e. The molecule has 0 radical (unpaired) electrons. The summed E-state index contributed by atoms with van der Waals surface area (Å²) < 4.78 is 4.02. The first-order valence-corrected chi connectivity index (χ1v) is 4.95. The molecule has 0 aromatic carbocycles. The number of nitrogens with one attached hydrogen (secondary N) is 1. The number of hydrogen-bond acceptors (Lipinski definition) is 3. The Kier molecular flexibility index (Phi) is 2.71. The van der Waals surface area contributed by atoms with E-state index in [1.54, 1.807) is 6.20 Å². The quantitative estimate of drug-likeness (QED) is 0.811. The molecule has 0 atom stereocenters. The van der Waals surface area contributed by atoms with E-state index in [0.717, 1.165) is 24.7 Å². The molecule has 2 aromatic heterocycles. The largest absolute Gasteiger partial charge is 0.354 e. The van der Waals surface area contributed by atoms with E-state index >= 15 is 0 Å². The second kappa shape index (κ2) is 4.16. The molecule has 0 saturated heterocycles. The van der Waals surface area contributed by atoms with Gasteiger partial charge in [-0.05, 0) is 6.92 Å². The molecule has 0 aliphatic carbocycles. The fourth-order valence-corrected chi connectivity index (χ4v) is 1.50. The van der Waals surface area contributed by atoms with Gasteiger partial charge in [-0.3, -0.25) is 0 Å². The third kappa shape index (κ3) is 2.37. The molecular formula is C10H15N5. The van der Waals surface area contributed by atoms with Crippen molar-refractivity contribution in [1.82, 2.24) is 19.1 Å². The monoisotopic (exact) mass is 205 g/mol. The lowest BCUT2D eigenvalue weighted by atomic mass is 10.6. The third-order valence-electron chi connectivity index (χ3n) is 2.21. The topological polar surface area (TPSA) is 47.7 Å². The molecule has 15 heavy (non-hydrogen) atoms. The zero-order valence-corrected chi connectivity index (χ0v) is 9.01. The van der Waals surface area contributed by atoms with Crippen molar-refractivity contribution in [2.24, 2.45) is 7.05 Å². The molecule has 0 aliphatic rings. The van der Waals surface area contributed by atoms with Crippen molar-refractivity contribution in [2.45, 2.75) is 13.5 Å². The highest BCUT2D eigenvalue weighted by Crippen LogP contribution is 2.04. The van der Waals surface area contributed by atoms with Crippen LogP contribution in [0.25, 0.3) is 0 Å². The molecule has 5 heteroatoms. The molecule has 0 unspecified atom stereocenters. The van der Waals surface area contributed by atoms with E-state index in [1.165, 1.54) is 0 Å². The molecule has 0 spiro atoms. The molecule has 2 aromatic rings. The second-order valence-electron chi connectivity index (χ2n) is 3.54. The van der Waals surface area contributed by atoms with Crippen molar-refractivity contribution < 1.29 is 0 Å². The van der Waals surface area contributed by atoms with Crippen LogP contribution in [-0.2, 0) is 13.6 Å². The Labute approximate surface area is 88.8 Å². The summed E-state index contributed by atoms with van der Waals surface area (Å²) in [6.07, 6.45) is 7.54. The van der Waals surface area contributed by atoms with Crippen LogP contribution >= 0.6 is 0 Å². The van der Waals surface area contributed by atoms with Gasteiger partial charge in [0.2, 0.25) is 5.95 Å². The molecule has 0 amide bonds. The number of aromatic nitrogens is 4. The Bertz CT molecular complexity index is 415. The minimum Gasteiger partial charge on any atom is -0.354 e. The van der Waals surface area contributed by atoms with Gasteiger partial charge in [0.1, 0.15) is 0 Å². The summed E-state index contributed by atoms with van der Waals surface area (Å²) in [6.45, 7) is 3.73. The Morgan fingerprint density at radius 3 is 2.93 bits per heavy atom. The third-order valence-corrected chi connectivity index (χ3v) is 2.21. The molecule has 2 rings (SSSR count). The summed E-state index contributed by atoms with van der Waals surface area (Å²) in [4.78, 5) is 8.34. The van der Waals surface area contributed by atoms with E-state index in [4.69, 9.17) is 0 Å². The molecule has 2 heterocycles. The van der Waals surface area contributed by atoms with E-state index in [1.807, 2.05) is 41.8 Å². The van der Waals surface area contributed by atoms with Crippen molar-refractivity contribution in [3.05, 3.63) is 30.6 Å². The van der Waals surface area contributed by atoms with E-state index in [2.05, 4.69) is 15.3 Å². The Balaban J connectivity index is 1.86. The van der Waals surface area contributed by atoms with Gasteiger partial charge in [-0.2, -0.15) is 0 Å². The highest BCUT2D eigenvalue weighted by molar-refractivity contribution is 5.27. The standard InChI is InChI=1S/C10H15N5/c1-9-7-14(2)10(13-9)12-4-6-15-5-3-11-8-15/h3,5,7-8H,4,6H2,1-2H3,(H,12,13). The summed E-state index contributed by atoms with van der Waals surface area (Å²) in [7, 11) is 1.99. The molecule has 0 aliphatic heterocycles. The first-order chi connectivity index (χ1) is 7.25. The maximum absolute atomic E-state index is 4.36. The first kappa shape index (κ1) is 9.76. The molecule has 80 valence electrons. The maximum atomic E-state index is 4.36. The average molecular weight is 205 g/mol. The summed E-state index contributed by atoms with van der Waals surface area (Å²) in [5, 5.41) is 3.28. The SMILES string of the molecule is Cc1cn(C)c(NCCn2ccnc2)n1. The molecule has 0 fully saturated rings. The first-order valence-electron chi connectivity index (χ1n) is 4.95. The highest BCUT2D eigenvalue weighted by Gasteiger charge is 2.00. The summed E-state index contributed by atoms with van der Waals surface area (Å²) in [5.74, 6) is 0.910. The van der Waals surface area contributed by atoms with Crippen molar-refractivity contribution in [2.75, 3.05) is 11.9 Å². The van der Waals surface area contributed by atoms with E-state index < -0.39 is 0 Å². The van der Waals surface area contributed by atoms with Crippen LogP contribution in [0.3, 0.4) is 0 Å². The average Bonchev–Trinajstić information content (AvgIpc) is 2.77. The van der Waals surface area contributed by atoms with Crippen LogP contribution in [0.4, 0.5) is 5.95 Å². The number of imidazole rings is 2. The minimum atomic E-state index is 0.848. The summed E-state index contributed by atoms with van der Waals surface area (Å²) >= 11 is 0. The van der Waals surface area contributed by atoms with Gasteiger partial charge in [0.05, 0.1) is 12.0 Å². The van der Waals surface area contributed by atoms with Crippen molar-refractivity contribution in [1.29, 1.82) is 0 Å². The van der Waals surface area contributed by atoms with Gasteiger partial charge >= 0.3 is 0 Å². The summed E-state index contributed by atoms with van der Waals surface area (Å²) in [5.41, 5.74) is 1.03. The van der Waals surface area contributed by atoms with Gasteiger partial charge in [0.15, 0.2) is 0 Å². The maximum Gasteiger partial charge on any atom is 0.202 e.